The summed E-state index contributed by atoms with van der Waals surface area (Å²) in [5.74, 6) is -1.44. The second-order valence-electron chi connectivity index (χ2n) is 11.7. The normalized spacial score (nSPS) is 16.2. The molecule has 0 radical (unpaired) electrons. The predicted octanol–water partition coefficient (Wildman–Crippen LogP) is 5.86. The van der Waals surface area contributed by atoms with E-state index in [2.05, 4.69) is 46.5 Å². The minimum absolute atomic E-state index is 0.110. The van der Waals surface area contributed by atoms with Gasteiger partial charge in [-0.1, -0.05) is 0 Å². The Labute approximate surface area is 273 Å². The molecule has 18 heteroatoms. The average Bonchev–Trinajstić information content (AvgIpc) is 3.02. The lowest BCUT2D eigenvalue weighted by atomic mass is 10.0. The minimum Gasteiger partial charge on any atom is -0.363 e. The summed E-state index contributed by atoms with van der Waals surface area (Å²) < 4.78 is 83.6. The van der Waals surface area contributed by atoms with Crippen LogP contribution in [-0.4, -0.2) is 50.9 Å². The molecular weight excluding hydrogens is 658 g/mol. The van der Waals surface area contributed by atoms with Crippen LogP contribution in [0.3, 0.4) is 0 Å². The summed E-state index contributed by atoms with van der Waals surface area (Å²) in [4.78, 5) is 40.4. The maximum Gasteiger partial charge on any atom is 0.421 e. The summed E-state index contributed by atoms with van der Waals surface area (Å²) in [5.41, 5.74) is 1.71. The van der Waals surface area contributed by atoms with Crippen LogP contribution in [-0.2, 0) is 34.8 Å². The number of hydrogen-bond acceptors (Lipinski definition) is 10. The molecule has 3 aliphatic heterocycles. The van der Waals surface area contributed by atoms with Gasteiger partial charge in [-0.05, 0) is 60.4 Å². The largest absolute Gasteiger partial charge is 0.421 e. The summed E-state index contributed by atoms with van der Waals surface area (Å²) in [7, 11) is 0. The number of carbonyl (C=O) groups excluding carboxylic acids is 2. The number of nitrogens with zero attached hydrogens (tertiary/aromatic N) is 5. The number of aromatic nitrogens is 4. The first-order valence-corrected chi connectivity index (χ1v) is 15.1. The predicted molar refractivity (Wildman–Crippen MR) is 167 cm³/mol. The molecule has 2 aromatic heterocycles. The molecular formula is C31H26F6N10O2. The molecule has 49 heavy (non-hydrogen) atoms. The molecule has 0 bridgehead atoms. The maximum atomic E-state index is 14.0. The molecule has 1 saturated heterocycles. The Hall–Kier alpha value is -5.68. The number of amides is 2. The molecule has 2 aromatic carbocycles. The number of alkyl halides is 6. The molecule has 12 nitrogen and oxygen atoms in total. The molecule has 0 atom stereocenters. The summed E-state index contributed by atoms with van der Waals surface area (Å²) in [6.45, 7) is -0.225. The highest BCUT2D eigenvalue weighted by Crippen LogP contribution is 2.39. The quantitative estimate of drug-likeness (QED) is 0.150. The Morgan fingerprint density at radius 1 is 0.694 bits per heavy atom. The van der Waals surface area contributed by atoms with Crippen molar-refractivity contribution in [3.8, 4) is 0 Å². The zero-order valence-electron chi connectivity index (χ0n) is 25.3. The van der Waals surface area contributed by atoms with E-state index < -0.39 is 41.2 Å². The van der Waals surface area contributed by atoms with Crippen molar-refractivity contribution < 1.29 is 35.9 Å². The molecule has 0 saturated carbocycles. The molecule has 5 heterocycles. The van der Waals surface area contributed by atoms with Crippen LogP contribution in [0.4, 0.5) is 72.6 Å². The van der Waals surface area contributed by atoms with Crippen molar-refractivity contribution >= 4 is 58.1 Å². The van der Waals surface area contributed by atoms with Gasteiger partial charge in [0.05, 0.1) is 6.04 Å². The lowest BCUT2D eigenvalue weighted by molar-refractivity contribution is -0.138. The molecule has 4 aromatic rings. The highest BCUT2D eigenvalue weighted by molar-refractivity contribution is 5.95. The van der Waals surface area contributed by atoms with E-state index in [0.29, 0.717) is 60.8 Å². The van der Waals surface area contributed by atoms with Crippen molar-refractivity contribution in [2.24, 2.45) is 0 Å². The van der Waals surface area contributed by atoms with E-state index in [-0.39, 0.29) is 36.8 Å². The number of anilines is 8. The molecule has 1 fully saturated rings. The SMILES string of the molecule is O=C1CCc2cc(Nc3ncc(C(F)(F)F)c(NC4CN(c5nc(Nc6ccc7c(c6)CCC(=O)N7)ncc5C(F)(F)F)C4)n3)ccc2N1. The smallest absolute Gasteiger partial charge is 0.363 e. The number of halogens is 6. The zero-order valence-corrected chi connectivity index (χ0v) is 25.3. The van der Waals surface area contributed by atoms with Gasteiger partial charge in [0.25, 0.3) is 0 Å². The number of nitrogens with one attached hydrogen (secondary N) is 5. The second-order valence-corrected chi connectivity index (χ2v) is 11.7. The highest BCUT2D eigenvalue weighted by atomic mass is 19.4. The Kier molecular flexibility index (Phi) is 7.87. The lowest BCUT2D eigenvalue weighted by Gasteiger charge is -2.41. The summed E-state index contributed by atoms with van der Waals surface area (Å²) in [5, 5.41) is 14.0. The van der Waals surface area contributed by atoms with E-state index in [1.54, 1.807) is 36.4 Å². The molecule has 2 amide bonds. The van der Waals surface area contributed by atoms with Crippen molar-refractivity contribution in [2.45, 2.75) is 44.1 Å². The molecule has 5 N–H and O–H groups in total. The molecule has 0 spiro atoms. The fourth-order valence-corrected chi connectivity index (χ4v) is 5.75. The van der Waals surface area contributed by atoms with E-state index in [1.807, 2.05) is 0 Å². The molecule has 0 aliphatic carbocycles. The van der Waals surface area contributed by atoms with Crippen LogP contribution >= 0.6 is 0 Å². The van der Waals surface area contributed by atoms with Crippen molar-refractivity contribution in [3.05, 3.63) is 71.0 Å². The van der Waals surface area contributed by atoms with E-state index in [9.17, 15) is 35.9 Å². The summed E-state index contributed by atoms with van der Waals surface area (Å²) >= 11 is 0. The molecule has 0 unspecified atom stereocenters. The van der Waals surface area contributed by atoms with Gasteiger partial charge in [-0.25, -0.2) is 9.97 Å². The van der Waals surface area contributed by atoms with Crippen LogP contribution in [0.25, 0.3) is 0 Å². The van der Waals surface area contributed by atoms with Crippen LogP contribution < -0.4 is 31.5 Å². The van der Waals surface area contributed by atoms with Crippen LogP contribution in [0.2, 0.25) is 0 Å². The number of carbonyl (C=O) groups is 2. The maximum absolute atomic E-state index is 14.0. The average molecular weight is 685 g/mol. The van der Waals surface area contributed by atoms with Gasteiger partial charge in [-0.3, -0.25) is 9.59 Å². The van der Waals surface area contributed by atoms with Gasteiger partial charge in [0.15, 0.2) is 0 Å². The van der Waals surface area contributed by atoms with Gasteiger partial charge >= 0.3 is 12.4 Å². The standard InChI is InChI=1S/C31H26F6N10O2/c32-30(33,34)20-11-38-28(41-17-3-5-22-15(9-17)1-7-24(48)43-22)45-26(20)40-19-13-47(14-19)27-21(31(35,36)37)12-39-29(46-27)42-18-4-6-23-16(10-18)2-8-25(49)44-23/h3-6,9-12,19H,1-2,7-8,13-14H2,(H,43,48)(H,44,49)(H,39,42,46)(H2,38,40,41,45). The number of aryl methyl sites for hydroxylation is 2. The summed E-state index contributed by atoms with van der Waals surface area (Å²) in [6, 6.07) is 9.35. The van der Waals surface area contributed by atoms with Crippen molar-refractivity contribution in [2.75, 3.05) is 44.6 Å². The first-order valence-electron chi connectivity index (χ1n) is 15.1. The van der Waals surface area contributed by atoms with Crippen molar-refractivity contribution in [3.63, 3.8) is 0 Å². The third kappa shape index (κ3) is 6.84. The number of hydrogen-bond donors (Lipinski definition) is 5. The third-order valence-corrected chi connectivity index (χ3v) is 8.20. The Bertz CT molecular complexity index is 1960. The number of rotatable bonds is 7. The highest BCUT2D eigenvalue weighted by Gasteiger charge is 2.41. The fourth-order valence-electron chi connectivity index (χ4n) is 5.75. The first kappa shape index (κ1) is 31.9. The van der Waals surface area contributed by atoms with Gasteiger partial charge in [-0.2, -0.15) is 36.3 Å². The zero-order chi connectivity index (χ0) is 34.5. The molecule has 3 aliphatic rings. The lowest BCUT2D eigenvalue weighted by Crippen LogP contribution is -2.56. The third-order valence-electron chi connectivity index (χ3n) is 8.20. The van der Waals surface area contributed by atoms with E-state index >= 15 is 0 Å². The van der Waals surface area contributed by atoms with Gasteiger partial charge < -0.3 is 31.5 Å². The van der Waals surface area contributed by atoms with Gasteiger partial charge in [0, 0.05) is 61.1 Å². The monoisotopic (exact) mass is 684 g/mol. The second kappa shape index (κ2) is 12.1. The number of benzene rings is 2. The van der Waals surface area contributed by atoms with Crippen LogP contribution in [0.1, 0.15) is 35.1 Å². The topological polar surface area (TPSA) is 149 Å². The van der Waals surface area contributed by atoms with E-state index in [0.717, 1.165) is 11.1 Å². The first-order chi connectivity index (χ1) is 23.3. The van der Waals surface area contributed by atoms with Crippen molar-refractivity contribution in [1.82, 2.24) is 19.9 Å². The molecule has 7 rings (SSSR count). The van der Waals surface area contributed by atoms with Crippen LogP contribution in [0.15, 0.2) is 48.8 Å². The van der Waals surface area contributed by atoms with Crippen LogP contribution in [0, 0.1) is 0 Å². The molecule has 254 valence electrons. The Morgan fingerprint density at radius 2 is 1.20 bits per heavy atom. The van der Waals surface area contributed by atoms with Crippen LogP contribution in [0.5, 0.6) is 0 Å². The minimum atomic E-state index is -4.81. The van der Waals surface area contributed by atoms with Gasteiger partial charge in [0.1, 0.15) is 22.8 Å². The van der Waals surface area contributed by atoms with Gasteiger partial charge in [-0.15, -0.1) is 0 Å². The fraction of sp³-hybridized carbons (Fsp3) is 0.290. The Morgan fingerprint density at radius 3 is 1.73 bits per heavy atom. The summed E-state index contributed by atoms with van der Waals surface area (Å²) in [6.07, 6.45) is -6.74. The van der Waals surface area contributed by atoms with Crippen molar-refractivity contribution in [1.29, 1.82) is 0 Å². The van der Waals surface area contributed by atoms with E-state index in [1.165, 1.54) is 4.90 Å². The van der Waals surface area contributed by atoms with E-state index in [4.69, 9.17) is 0 Å². The Balaban J connectivity index is 1.08. The van der Waals surface area contributed by atoms with Gasteiger partial charge in [0.2, 0.25) is 23.7 Å². The number of fused-ring (bicyclic) bond motifs is 2.